The lowest BCUT2D eigenvalue weighted by Gasteiger charge is -2.40. The molecule has 0 aromatic rings. The second kappa shape index (κ2) is 64.1. The van der Waals surface area contributed by atoms with E-state index in [2.05, 4.69) is 104 Å². The van der Waals surface area contributed by atoms with Crippen LogP contribution in [-0.4, -0.2) is 87.5 Å². The molecule has 1 aliphatic heterocycles. The van der Waals surface area contributed by atoms with E-state index in [4.69, 9.17) is 9.47 Å². The van der Waals surface area contributed by atoms with Crippen molar-refractivity contribution in [1.82, 2.24) is 5.32 Å². The van der Waals surface area contributed by atoms with Crippen molar-refractivity contribution in [1.29, 1.82) is 0 Å². The van der Waals surface area contributed by atoms with Gasteiger partial charge < -0.3 is 40.3 Å². The third kappa shape index (κ3) is 52.7. The zero-order valence-corrected chi connectivity index (χ0v) is 55.1. The van der Waals surface area contributed by atoms with Crippen LogP contribution in [0.15, 0.2) is 97.2 Å². The molecule has 0 spiro atoms. The summed E-state index contributed by atoms with van der Waals surface area (Å²) >= 11 is 0. The fourth-order valence-electron chi connectivity index (χ4n) is 11.1. The zero-order chi connectivity index (χ0) is 61.4. The summed E-state index contributed by atoms with van der Waals surface area (Å²) in [6, 6.07) is -0.817. The molecule has 7 atom stereocenters. The number of allylic oxidation sites excluding steroid dienone is 15. The number of aliphatic hydroxyl groups is 5. The predicted molar refractivity (Wildman–Crippen MR) is 364 cm³/mol. The van der Waals surface area contributed by atoms with Crippen LogP contribution in [0.2, 0.25) is 0 Å². The van der Waals surface area contributed by atoms with E-state index in [1.807, 2.05) is 6.08 Å². The Labute approximate surface area is 523 Å². The largest absolute Gasteiger partial charge is 0.394 e. The maximum atomic E-state index is 13.1. The van der Waals surface area contributed by atoms with Gasteiger partial charge in [0.25, 0.3) is 0 Å². The van der Waals surface area contributed by atoms with Gasteiger partial charge in [-0.15, -0.1) is 0 Å². The van der Waals surface area contributed by atoms with Crippen LogP contribution in [-0.2, 0) is 14.3 Å². The average Bonchev–Trinajstić information content (AvgIpc) is 3.54. The van der Waals surface area contributed by atoms with E-state index < -0.39 is 49.5 Å². The number of amides is 1. The van der Waals surface area contributed by atoms with Gasteiger partial charge in [0.1, 0.15) is 24.4 Å². The second-order valence-electron chi connectivity index (χ2n) is 24.7. The molecule has 0 aliphatic carbocycles. The monoisotopic (exact) mass is 1190 g/mol. The molecule has 1 amide bonds. The molecule has 1 rings (SSSR count). The van der Waals surface area contributed by atoms with Crippen LogP contribution in [0, 0.1) is 0 Å². The van der Waals surface area contributed by atoms with E-state index in [1.165, 1.54) is 205 Å². The van der Waals surface area contributed by atoms with Crippen molar-refractivity contribution in [2.24, 2.45) is 0 Å². The van der Waals surface area contributed by atoms with Crippen molar-refractivity contribution in [2.45, 2.75) is 365 Å². The molecule has 0 aromatic carbocycles. The first-order valence-electron chi connectivity index (χ1n) is 36.0. The average molecular weight is 1190 g/mol. The zero-order valence-electron chi connectivity index (χ0n) is 55.1. The number of aliphatic hydroxyl groups excluding tert-OH is 5. The lowest BCUT2D eigenvalue weighted by Crippen LogP contribution is -2.60. The molecule has 0 saturated carbocycles. The SMILES string of the molecule is CC/C=C\C/C=C\C/C=C\C/C=C\C/C=C\C/C=C\C/C=C\CCCCCCCCCCCC(=O)NC(COC1OC(CO)C(O)C(O)C1O)C(O)/C=C/CCCCCCCCCCCCCCCCCCCCCCCCCCCCCCC. The number of carbonyl (C=O) groups excluding carboxylic acids is 1. The Hall–Kier alpha value is -2.89. The maximum Gasteiger partial charge on any atom is 0.220 e. The number of hydrogen-bond donors (Lipinski definition) is 6. The Bertz CT molecular complexity index is 1670. The van der Waals surface area contributed by atoms with E-state index in [0.29, 0.717) is 6.42 Å². The number of rotatable bonds is 62. The highest BCUT2D eigenvalue weighted by molar-refractivity contribution is 5.76. The highest BCUT2D eigenvalue weighted by Crippen LogP contribution is 2.23. The first kappa shape index (κ1) is 80.1. The van der Waals surface area contributed by atoms with Crippen molar-refractivity contribution in [3.05, 3.63) is 97.2 Å². The molecule has 7 unspecified atom stereocenters. The number of hydrogen-bond acceptors (Lipinski definition) is 8. The summed E-state index contributed by atoms with van der Waals surface area (Å²) in [7, 11) is 0. The van der Waals surface area contributed by atoms with Gasteiger partial charge in [0, 0.05) is 6.42 Å². The van der Waals surface area contributed by atoms with E-state index in [9.17, 15) is 30.3 Å². The van der Waals surface area contributed by atoms with Crippen LogP contribution in [0.5, 0.6) is 0 Å². The fourth-order valence-corrected chi connectivity index (χ4v) is 11.1. The molecule has 492 valence electrons. The van der Waals surface area contributed by atoms with Gasteiger partial charge in [-0.05, 0) is 77.0 Å². The Morgan fingerprint density at radius 1 is 0.412 bits per heavy atom. The van der Waals surface area contributed by atoms with Gasteiger partial charge in [-0.1, -0.05) is 336 Å². The Morgan fingerprint density at radius 2 is 0.729 bits per heavy atom. The van der Waals surface area contributed by atoms with Crippen molar-refractivity contribution < 1.29 is 39.8 Å². The molecular formula is C76H135NO8. The molecule has 9 heteroatoms. The minimum atomic E-state index is -1.57. The summed E-state index contributed by atoms with van der Waals surface area (Å²) in [6.45, 7) is 3.69. The first-order valence-corrected chi connectivity index (χ1v) is 36.0. The van der Waals surface area contributed by atoms with E-state index in [0.717, 1.165) is 96.3 Å². The molecule has 1 heterocycles. The summed E-state index contributed by atoms with van der Waals surface area (Å²) in [6.07, 6.45) is 86.5. The standard InChI is InChI=1S/C76H135NO8/c1-3-5-7-9-11-13-15-17-19-21-23-25-27-29-31-33-35-37-39-41-43-45-47-49-51-53-55-57-59-61-63-65-70(79)69(68-84-76-75(83)74(82)73(81)71(67-78)85-76)77-72(80)66-64-62-60-58-56-54-52-50-48-46-44-42-40-38-36-34-32-30-28-26-24-22-20-18-16-14-12-10-8-6-4-2/h6,8,12,14,18,20,24,26,30,32,36,38,42,44,63,65,69-71,73-76,78-79,81-83H,3-5,7,9-11,13,15-17,19,21-23,25,27-29,31,33-35,37,39-41,43,45-62,64,66-68H2,1-2H3,(H,77,80)/b8-6-,14-12-,20-18-,26-24-,32-30-,38-36-,44-42-,65-63+. The van der Waals surface area contributed by atoms with Crippen molar-refractivity contribution in [3.8, 4) is 0 Å². The molecular weight excluding hydrogens is 1050 g/mol. The molecule has 1 aliphatic rings. The number of nitrogens with one attached hydrogen (secondary N) is 1. The maximum absolute atomic E-state index is 13.1. The van der Waals surface area contributed by atoms with Gasteiger partial charge in [0.05, 0.1) is 25.4 Å². The molecule has 1 saturated heterocycles. The van der Waals surface area contributed by atoms with Gasteiger partial charge in [0.2, 0.25) is 5.91 Å². The van der Waals surface area contributed by atoms with E-state index in [1.54, 1.807) is 6.08 Å². The molecule has 85 heavy (non-hydrogen) atoms. The first-order chi connectivity index (χ1) is 41.8. The van der Waals surface area contributed by atoms with E-state index >= 15 is 0 Å². The Kier molecular flexibility index (Phi) is 60.4. The summed E-state index contributed by atoms with van der Waals surface area (Å²) in [5, 5.41) is 54.8. The lowest BCUT2D eigenvalue weighted by atomic mass is 9.99. The molecule has 1 fully saturated rings. The minimum absolute atomic E-state index is 0.183. The number of carbonyl (C=O) groups is 1. The summed E-state index contributed by atoms with van der Waals surface area (Å²) in [4.78, 5) is 13.1. The van der Waals surface area contributed by atoms with Crippen molar-refractivity contribution in [2.75, 3.05) is 13.2 Å². The topological polar surface area (TPSA) is 149 Å². The van der Waals surface area contributed by atoms with Crippen molar-refractivity contribution in [3.63, 3.8) is 0 Å². The van der Waals surface area contributed by atoms with Gasteiger partial charge in [-0.25, -0.2) is 0 Å². The third-order valence-corrected chi connectivity index (χ3v) is 16.7. The lowest BCUT2D eigenvalue weighted by molar-refractivity contribution is -0.302. The molecule has 0 radical (unpaired) electrons. The predicted octanol–water partition coefficient (Wildman–Crippen LogP) is 19.9. The third-order valence-electron chi connectivity index (χ3n) is 16.7. The van der Waals surface area contributed by atoms with Crippen LogP contribution < -0.4 is 5.32 Å². The minimum Gasteiger partial charge on any atom is -0.394 e. The molecule has 9 nitrogen and oxygen atoms in total. The molecule has 0 bridgehead atoms. The normalized spacial score (nSPS) is 18.7. The van der Waals surface area contributed by atoms with Crippen molar-refractivity contribution >= 4 is 5.91 Å². The highest BCUT2D eigenvalue weighted by Gasteiger charge is 2.44. The quantitative estimate of drug-likeness (QED) is 0.0261. The van der Waals surface area contributed by atoms with Gasteiger partial charge in [0.15, 0.2) is 6.29 Å². The summed E-state index contributed by atoms with van der Waals surface area (Å²) in [5.41, 5.74) is 0. The number of ether oxygens (including phenoxy) is 2. The van der Waals surface area contributed by atoms with Crippen LogP contribution in [0.3, 0.4) is 0 Å². The molecule has 6 N–H and O–H groups in total. The van der Waals surface area contributed by atoms with Crippen LogP contribution in [0.1, 0.15) is 322 Å². The second-order valence-corrected chi connectivity index (χ2v) is 24.7. The number of unbranched alkanes of at least 4 members (excludes halogenated alkanes) is 38. The Balaban J connectivity index is 2.15. The summed E-state index contributed by atoms with van der Waals surface area (Å²) < 4.78 is 11.3. The van der Waals surface area contributed by atoms with Gasteiger partial charge in [-0.2, -0.15) is 0 Å². The highest BCUT2D eigenvalue weighted by atomic mass is 16.7. The van der Waals surface area contributed by atoms with Crippen LogP contribution in [0.4, 0.5) is 0 Å². The summed E-state index contributed by atoms with van der Waals surface area (Å²) in [5.74, 6) is -0.183. The van der Waals surface area contributed by atoms with Crippen LogP contribution >= 0.6 is 0 Å². The fraction of sp³-hybridized carbons (Fsp3) is 0.776. The molecule has 0 aromatic heterocycles. The van der Waals surface area contributed by atoms with Crippen LogP contribution in [0.25, 0.3) is 0 Å². The van der Waals surface area contributed by atoms with Gasteiger partial charge >= 0.3 is 0 Å². The smallest absolute Gasteiger partial charge is 0.220 e. The van der Waals surface area contributed by atoms with Gasteiger partial charge in [-0.3, -0.25) is 4.79 Å². The Morgan fingerprint density at radius 3 is 1.08 bits per heavy atom. The van der Waals surface area contributed by atoms with E-state index in [-0.39, 0.29) is 12.5 Å².